The maximum absolute atomic E-state index is 13.4. The topological polar surface area (TPSA) is 66.8 Å². The van der Waals surface area contributed by atoms with Gasteiger partial charge in [-0.25, -0.2) is 0 Å². The zero-order valence-corrected chi connectivity index (χ0v) is 15.0. The van der Waals surface area contributed by atoms with Crippen molar-refractivity contribution in [1.82, 2.24) is 4.90 Å². The van der Waals surface area contributed by atoms with Crippen molar-refractivity contribution in [2.24, 2.45) is 11.8 Å². The normalized spacial score (nSPS) is 35.6. The van der Waals surface area contributed by atoms with Crippen molar-refractivity contribution in [3.63, 3.8) is 0 Å². The summed E-state index contributed by atoms with van der Waals surface area (Å²) in [5.41, 5.74) is 1.10. The Morgan fingerprint density at radius 2 is 2.08 bits per heavy atom. The molecule has 1 spiro atoms. The maximum Gasteiger partial charge on any atom is 0.310 e. The minimum Gasteiger partial charge on any atom is -0.481 e. The molecule has 2 unspecified atom stereocenters. The molecule has 0 saturated carbocycles. The van der Waals surface area contributed by atoms with E-state index in [2.05, 4.69) is 6.58 Å². The number of rotatable bonds is 5. The highest BCUT2D eigenvalue weighted by Gasteiger charge is 2.71. The molecule has 6 atom stereocenters. The number of carbonyl (C=O) groups is 2. The van der Waals surface area contributed by atoms with Gasteiger partial charge in [-0.1, -0.05) is 48.1 Å². The summed E-state index contributed by atoms with van der Waals surface area (Å²) in [6, 6.07) is 9.39. The number of ether oxygens (including phenoxy) is 1. The molecule has 2 fully saturated rings. The largest absolute Gasteiger partial charge is 0.481 e. The first-order chi connectivity index (χ1) is 12.4. The molecule has 4 rings (SSSR count). The van der Waals surface area contributed by atoms with Crippen LogP contribution in [0.3, 0.4) is 0 Å². The van der Waals surface area contributed by atoms with Gasteiger partial charge in [-0.15, -0.1) is 6.58 Å². The average molecular weight is 353 g/mol. The van der Waals surface area contributed by atoms with Gasteiger partial charge in [0.25, 0.3) is 0 Å². The summed E-state index contributed by atoms with van der Waals surface area (Å²) in [6.45, 7) is 7.94. The molecular formula is C21H23NO4. The molecule has 1 amide bonds. The minimum absolute atomic E-state index is 0.133. The smallest absolute Gasteiger partial charge is 0.310 e. The number of aliphatic carboxylic acids is 1. The van der Waals surface area contributed by atoms with Gasteiger partial charge in [-0.2, -0.15) is 0 Å². The molecule has 0 radical (unpaired) electrons. The van der Waals surface area contributed by atoms with Gasteiger partial charge in [-0.3, -0.25) is 9.59 Å². The lowest BCUT2D eigenvalue weighted by Crippen LogP contribution is -2.46. The van der Waals surface area contributed by atoms with E-state index in [9.17, 15) is 14.7 Å². The van der Waals surface area contributed by atoms with E-state index < -0.39 is 29.5 Å². The molecular weight excluding hydrogens is 330 g/mol. The first-order valence-corrected chi connectivity index (χ1v) is 8.98. The number of amides is 1. The molecule has 3 aliphatic heterocycles. The maximum atomic E-state index is 13.4. The first kappa shape index (κ1) is 17.0. The number of fused-ring (bicyclic) bond motifs is 1. The second-order valence-electron chi connectivity index (χ2n) is 7.65. The van der Waals surface area contributed by atoms with E-state index in [0.29, 0.717) is 6.42 Å². The van der Waals surface area contributed by atoms with Crippen LogP contribution in [0, 0.1) is 11.8 Å². The highest BCUT2D eigenvalue weighted by Crippen LogP contribution is 2.57. The Hall–Kier alpha value is -2.40. The van der Waals surface area contributed by atoms with Crippen molar-refractivity contribution in [1.29, 1.82) is 0 Å². The Morgan fingerprint density at radius 3 is 2.69 bits per heavy atom. The van der Waals surface area contributed by atoms with Gasteiger partial charge in [0.15, 0.2) is 0 Å². The van der Waals surface area contributed by atoms with Crippen LogP contribution in [0.5, 0.6) is 0 Å². The Bertz CT molecular complexity index is 801. The van der Waals surface area contributed by atoms with Crippen LogP contribution in [-0.2, 0) is 14.3 Å². The first-order valence-electron chi connectivity index (χ1n) is 8.98. The highest BCUT2D eigenvalue weighted by molar-refractivity contribution is 5.91. The molecule has 1 aromatic carbocycles. The number of nitrogens with zero attached hydrogens (tertiary/aromatic N) is 1. The Kier molecular flexibility index (Phi) is 3.81. The summed E-state index contributed by atoms with van der Waals surface area (Å²) < 4.78 is 6.16. The Labute approximate surface area is 152 Å². The predicted octanol–water partition coefficient (Wildman–Crippen LogP) is 2.95. The van der Waals surface area contributed by atoms with Gasteiger partial charge in [0.05, 0.1) is 24.1 Å². The van der Waals surface area contributed by atoms with Crippen LogP contribution in [0.2, 0.25) is 0 Å². The summed E-state index contributed by atoms with van der Waals surface area (Å²) >= 11 is 0. The van der Waals surface area contributed by atoms with E-state index >= 15 is 0 Å². The number of likely N-dealkylation sites (tertiary alicyclic amines) is 1. The van der Waals surface area contributed by atoms with Gasteiger partial charge in [0.2, 0.25) is 5.91 Å². The molecule has 2 saturated heterocycles. The lowest BCUT2D eigenvalue weighted by atomic mass is 9.74. The number of benzene rings is 1. The van der Waals surface area contributed by atoms with Crippen molar-refractivity contribution < 1.29 is 19.4 Å². The number of carbonyl (C=O) groups excluding carboxylic acids is 1. The lowest BCUT2D eigenvalue weighted by molar-refractivity contribution is -0.149. The van der Waals surface area contributed by atoms with Gasteiger partial charge >= 0.3 is 5.97 Å². The molecule has 0 aliphatic carbocycles. The average Bonchev–Trinajstić information content (AvgIpc) is 3.24. The molecule has 136 valence electrons. The SMILES string of the molecule is C=C(C)CC1N(C(C)c2ccccc2)C(=O)[C@@H]2[C@H](C(=O)O)[C@H]3C=C[C@@]12O3. The fraction of sp³-hybridized carbons (Fsp3) is 0.429. The third-order valence-corrected chi connectivity index (χ3v) is 5.99. The summed E-state index contributed by atoms with van der Waals surface area (Å²) in [7, 11) is 0. The van der Waals surface area contributed by atoms with E-state index in [1.165, 1.54) is 0 Å². The summed E-state index contributed by atoms with van der Waals surface area (Å²) in [6.07, 6.45) is 3.79. The fourth-order valence-corrected chi connectivity index (χ4v) is 4.90. The van der Waals surface area contributed by atoms with Gasteiger partial charge in [0.1, 0.15) is 11.5 Å². The number of hydrogen-bond acceptors (Lipinski definition) is 3. The number of carboxylic acid groups (broad SMARTS) is 1. The van der Waals surface area contributed by atoms with E-state index in [4.69, 9.17) is 4.74 Å². The second-order valence-corrected chi connectivity index (χ2v) is 7.65. The van der Waals surface area contributed by atoms with E-state index in [1.807, 2.05) is 61.2 Å². The molecule has 5 nitrogen and oxygen atoms in total. The molecule has 3 heterocycles. The molecule has 0 aromatic heterocycles. The third-order valence-electron chi connectivity index (χ3n) is 5.99. The Balaban J connectivity index is 1.79. The van der Waals surface area contributed by atoms with Crippen LogP contribution in [0.4, 0.5) is 0 Å². The minimum atomic E-state index is -0.970. The quantitative estimate of drug-likeness (QED) is 0.827. The van der Waals surface area contributed by atoms with Crippen LogP contribution >= 0.6 is 0 Å². The van der Waals surface area contributed by atoms with Crippen LogP contribution in [0.15, 0.2) is 54.6 Å². The summed E-state index contributed by atoms with van der Waals surface area (Å²) in [5.74, 6) is -2.60. The van der Waals surface area contributed by atoms with Gasteiger partial charge in [-0.05, 0) is 25.8 Å². The molecule has 26 heavy (non-hydrogen) atoms. The van der Waals surface area contributed by atoms with E-state index in [1.54, 1.807) is 0 Å². The summed E-state index contributed by atoms with van der Waals surface area (Å²) in [5, 5.41) is 9.70. The standard InChI is InChI=1S/C21H23NO4/c1-12(2)11-16-21-10-9-15(26-21)17(20(24)25)18(21)19(23)22(16)13(3)14-7-5-4-6-8-14/h4-10,13,15-18H,1,11H2,2-3H3,(H,24,25)/t13?,15-,16?,17-,18+,21-/m1/s1. The van der Waals surface area contributed by atoms with Crippen molar-refractivity contribution in [3.8, 4) is 0 Å². The zero-order chi connectivity index (χ0) is 18.6. The van der Waals surface area contributed by atoms with Crippen LogP contribution < -0.4 is 0 Å². The van der Waals surface area contributed by atoms with Crippen molar-refractivity contribution in [3.05, 3.63) is 60.2 Å². The monoisotopic (exact) mass is 353 g/mol. The molecule has 5 heteroatoms. The van der Waals surface area contributed by atoms with Crippen LogP contribution in [0.25, 0.3) is 0 Å². The lowest BCUT2D eigenvalue weighted by Gasteiger charge is -2.37. The fourth-order valence-electron chi connectivity index (χ4n) is 4.90. The van der Waals surface area contributed by atoms with Gasteiger partial charge in [0, 0.05) is 0 Å². The molecule has 2 bridgehead atoms. The molecule has 1 aromatic rings. The van der Waals surface area contributed by atoms with E-state index in [0.717, 1.165) is 11.1 Å². The molecule has 3 aliphatic rings. The van der Waals surface area contributed by atoms with E-state index in [-0.39, 0.29) is 18.0 Å². The Morgan fingerprint density at radius 1 is 1.38 bits per heavy atom. The van der Waals surface area contributed by atoms with Crippen LogP contribution in [0.1, 0.15) is 31.9 Å². The van der Waals surface area contributed by atoms with Gasteiger partial charge < -0.3 is 14.7 Å². The summed E-state index contributed by atoms with van der Waals surface area (Å²) in [4.78, 5) is 27.1. The number of hydrogen-bond donors (Lipinski definition) is 1. The van der Waals surface area contributed by atoms with Crippen molar-refractivity contribution in [2.45, 2.75) is 44.1 Å². The number of carboxylic acids is 1. The second kappa shape index (κ2) is 5.81. The molecule has 1 N–H and O–H groups in total. The highest BCUT2D eigenvalue weighted by atomic mass is 16.5. The predicted molar refractivity (Wildman–Crippen MR) is 96.3 cm³/mol. The van der Waals surface area contributed by atoms with Crippen molar-refractivity contribution >= 4 is 11.9 Å². The zero-order valence-electron chi connectivity index (χ0n) is 15.0. The van der Waals surface area contributed by atoms with Crippen LogP contribution in [-0.4, -0.2) is 39.6 Å². The van der Waals surface area contributed by atoms with Crippen molar-refractivity contribution in [2.75, 3.05) is 0 Å². The third kappa shape index (κ3) is 2.20.